The van der Waals surface area contributed by atoms with Crippen molar-refractivity contribution in [3.63, 3.8) is 0 Å². The number of piperazine rings is 1. The predicted octanol–water partition coefficient (Wildman–Crippen LogP) is 1.30. The number of methoxy groups -OCH3 is 1. The second kappa shape index (κ2) is 5.72. The number of nitrogens with one attached hydrogen (secondary N) is 1. The van der Waals surface area contributed by atoms with E-state index < -0.39 is 6.04 Å². The standard InChI is InChI=1S/C14H17N3O2/c1-10-9-16-13(7-8-15)14(18)17(10)11-3-5-12(19-2)6-4-11/h3-6,10,13,16H,7,9H2,1-2H3. The molecule has 0 aliphatic carbocycles. The lowest BCUT2D eigenvalue weighted by atomic mass is 10.1. The summed E-state index contributed by atoms with van der Waals surface area (Å²) in [6.45, 7) is 2.67. The van der Waals surface area contributed by atoms with E-state index in [-0.39, 0.29) is 18.4 Å². The number of nitriles is 1. The smallest absolute Gasteiger partial charge is 0.245 e. The summed E-state index contributed by atoms with van der Waals surface area (Å²) in [7, 11) is 1.61. The fourth-order valence-corrected chi connectivity index (χ4v) is 2.25. The summed E-state index contributed by atoms with van der Waals surface area (Å²) in [5, 5.41) is 11.9. The first-order chi connectivity index (χ1) is 9.17. The highest BCUT2D eigenvalue weighted by molar-refractivity contribution is 5.98. The molecule has 0 radical (unpaired) electrons. The minimum absolute atomic E-state index is 0.0505. The van der Waals surface area contributed by atoms with Crippen molar-refractivity contribution in [3.8, 4) is 11.8 Å². The number of hydrogen-bond donors (Lipinski definition) is 1. The van der Waals surface area contributed by atoms with Crippen molar-refractivity contribution in [3.05, 3.63) is 24.3 Å². The van der Waals surface area contributed by atoms with Crippen LogP contribution in [0.15, 0.2) is 24.3 Å². The van der Waals surface area contributed by atoms with Gasteiger partial charge in [0.05, 0.1) is 19.6 Å². The molecule has 1 amide bonds. The molecule has 1 aromatic rings. The molecule has 0 saturated carbocycles. The maximum atomic E-state index is 12.4. The largest absolute Gasteiger partial charge is 0.497 e. The number of nitrogens with zero attached hydrogens (tertiary/aromatic N) is 2. The van der Waals surface area contributed by atoms with Crippen LogP contribution in [0.5, 0.6) is 5.75 Å². The van der Waals surface area contributed by atoms with Crippen LogP contribution in [-0.4, -0.2) is 31.6 Å². The maximum absolute atomic E-state index is 12.4. The highest BCUT2D eigenvalue weighted by atomic mass is 16.5. The van der Waals surface area contributed by atoms with E-state index in [9.17, 15) is 4.79 Å². The number of amides is 1. The molecular weight excluding hydrogens is 242 g/mol. The zero-order valence-electron chi connectivity index (χ0n) is 11.1. The van der Waals surface area contributed by atoms with Gasteiger partial charge in [0.2, 0.25) is 5.91 Å². The quantitative estimate of drug-likeness (QED) is 0.888. The Labute approximate surface area is 112 Å². The molecule has 1 aliphatic heterocycles. The fourth-order valence-electron chi connectivity index (χ4n) is 2.25. The van der Waals surface area contributed by atoms with Gasteiger partial charge < -0.3 is 15.0 Å². The third-order valence-corrected chi connectivity index (χ3v) is 3.28. The number of rotatable bonds is 3. The monoisotopic (exact) mass is 259 g/mol. The van der Waals surface area contributed by atoms with Gasteiger partial charge in [-0.1, -0.05) is 0 Å². The van der Waals surface area contributed by atoms with Gasteiger partial charge in [0, 0.05) is 18.3 Å². The molecule has 1 fully saturated rings. The Morgan fingerprint density at radius 2 is 2.16 bits per heavy atom. The summed E-state index contributed by atoms with van der Waals surface area (Å²) >= 11 is 0. The Balaban J connectivity index is 2.24. The number of carbonyl (C=O) groups excluding carboxylic acids is 1. The minimum atomic E-state index is -0.414. The number of benzene rings is 1. The SMILES string of the molecule is COc1ccc(N2C(=O)C(CC#N)NCC2C)cc1. The molecule has 0 aromatic heterocycles. The Bertz CT molecular complexity index is 492. The third kappa shape index (κ3) is 2.69. The van der Waals surface area contributed by atoms with Crippen LogP contribution in [-0.2, 0) is 4.79 Å². The van der Waals surface area contributed by atoms with Crippen LogP contribution in [0.25, 0.3) is 0 Å². The molecule has 19 heavy (non-hydrogen) atoms. The van der Waals surface area contributed by atoms with E-state index in [4.69, 9.17) is 10.00 Å². The van der Waals surface area contributed by atoms with Crippen LogP contribution in [0, 0.1) is 11.3 Å². The lowest BCUT2D eigenvalue weighted by Crippen LogP contribution is -2.59. The average Bonchev–Trinajstić information content (AvgIpc) is 2.43. The highest BCUT2D eigenvalue weighted by Crippen LogP contribution is 2.24. The van der Waals surface area contributed by atoms with Crippen molar-refractivity contribution in [2.75, 3.05) is 18.6 Å². The average molecular weight is 259 g/mol. The van der Waals surface area contributed by atoms with Gasteiger partial charge in [0.1, 0.15) is 11.8 Å². The summed E-state index contributed by atoms with van der Waals surface area (Å²) in [4.78, 5) is 14.1. The predicted molar refractivity (Wildman–Crippen MR) is 72.0 cm³/mol. The van der Waals surface area contributed by atoms with Crippen LogP contribution < -0.4 is 15.0 Å². The van der Waals surface area contributed by atoms with E-state index in [1.807, 2.05) is 37.3 Å². The summed E-state index contributed by atoms with van der Waals surface area (Å²) in [5.41, 5.74) is 0.836. The molecule has 2 rings (SSSR count). The van der Waals surface area contributed by atoms with Crippen molar-refractivity contribution >= 4 is 11.6 Å². The lowest BCUT2D eigenvalue weighted by molar-refractivity contribution is -0.122. The second-order valence-corrected chi connectivity index (χ2v) is 4.58. The van der Waals surface area contributed by atoms with E-state index in [1.165, 1.54) is 0 Å². The molecule has 1 aliphatic rings. The van der Waals surface area contributed by atoms with Crippen LogP contribution in [0.2, 0.25) is 0 Å². The molecule has 1 aromatic carbocycles. The number of hydrogen-bond acceptors (Lipinski definition) is 4. The topological polar surface area (TPSA) is 65.4 Å². The molecule has 5 heteroatoms. The Morgan fingerprint density at radius 3 is 2.74 bits per heavy atom. The van der Waals surface area contributed by atoms with Crippen LogP contribution >= 0.6 is 0 Å². The Kier molecular flexibility index (Phi) is 4.03. The zero-order chi connectivity index (χ0) is 13.8. The summed E-state index contributed by atoms with van der Waals surface area (Å²) < 4.78 is 5.11. The van der Waals surface area contributed by atoms with E-state index in [0.717, 1.165) is 11.4 Å². The maximum Gasteiger partial charge on any atom is 0.245 e. The van der Waals surface area contributed by atoms with E-state index in [1.54, 1.807) is 12.0 Å². The molecule has 2 unspecified atom stereocenters. The van der Waals surface area contributed by atoms with E-state index in [2.05, 4.69) is 5.32 Å². The number of ether oxygens (including phenoxy) is 1. The Morgan fingerprint density at radius 1 is 1.47 bits per heavy atom. The molecule has 2 atom stereocenters. The number of carbonyl (C=O) groups is 1. The number of anilines is 1. The first-order valence-corrected chi connectivity index (χ1v) is 6.25. The van der Waals surface area contributed by atoms with Crippen molar-refractivity contribution in [2.45, 2.75) is 25.4 Å². The van der Waals surface area contributed by atoms with Crippen molar-refractivity contribution in [1.82, 2.24) is 5.32 Å². The molecule has 1 heterocycles. The van der Waals surface area contributed by atoms with Gasteiger partial charge in [-0.2, -0.15) is 5.26 Å². The van der Waals surface area contributed by atoms with Crippen molar-refractivity contribution < 1.29 is 9.53 Å². The van der Waals surface area contributed by atoms with Gasteiger partial charge >= 0.3 is 0 Å². The first-order valence-electron chi connectivity index (χ1n) is 6.25. The van der Waals surface area contributed by atoms with Crippen LogP contribution in [0.1, 0.15) is 13.3 Å². The lowest BCUT2D eigenvalue weighted by Gasteiger charge is -2.37. The van der Waals surface area contributed by atoms with Gasteiger partial charge in [0.15, 0.2) is 0 Å². The summed E-state index contributed by atoms with van der Waals surface area (Å²) in [6.07, 6.45) is 0.193. The van der Waals surface area contributed by atoms with Gasteiger partial charge in [-0.05, 0) is 31.2 Å². The normalized spacial score (nSPS) is 23.0. The van der Waals surface area contributed by atoms with Gasteiger partial charge in [-0.3, -0.25) is 4.79 Å². The molecule has 100 valence electrons. The molecule has 5 nitrogen and oxygen atoms in total. The van der Waals surface area contributed by atoms with E-state index in [0.29, 0.717) is 6.54 Å². The summed E-state index contributed by atoms with van der Waals surface area (Å²) in [6, 6.07) is 9.08. The molecule has 0 bridgehead atoms. The summed E-state index contributed by atoms with van der Waals surface area (Å²) in [5.74, 6) is 0.707. The van der Waals surface area contributed by atoms with Crippen molar-refractivity contribution in [1.29, 1.82) is 5.26 Å². The third-order valence-electron chi connectivity index (χ3n) is 3.28. The van der Waals surface area contributed by atoms with Gasteiger partial charge in [0.25, 0.3) is 0 Å². The first kappa shape index (κ1) is 13.4. The van der Waals surface area contributed by atoms with Crippen molar-refractivity contribution in [2.24, 2.45) is 0 Å². The minimum Gasteiger partial charge on any atom is -0.497 e. The highest BCUT2D eigenvalue weighted by Gasteiger charge is 2.33. The molecule has 1 saturated heterocycles. The van der Waals surface area contributed by atoms with Gasteiger partial charge in [-0.25, -0.2) is 0 Å². The Hall–Kier alpha value is -2.06. The van der Waals surface area contributed by atoms with E-state index >= 15 is 0 Å². The van der Waals surface area contributed by atoms with Crippen LogP contribution in [0.3, 0.4) is 0 Å². The molecular formula is C14H17N3O2. The van der Waals surface area contributed by atoms with Crippen LogP contribution in [0.4, 0.5) is 5.69 Å². The molecule has 1 N–H and O–H groups in total. The zero-order valence-corrected chi connectivity index (χ0v) is 11.1. The fraction of sp³-hybridized carbons (Fsp3) is 0.429. The second-order valence-electron chi connectivity index (χ2n) is 4.58. The van der Waals surface area contributed by atoms with Gasteiger partial charge in [-0.15, -0.1) is 0 Å². The molecule has 0 spiro atoms.